The molecular formula is C26H18ClN5OS2. The van der Waals surface area contributed by atoms with Crippen LogP contribution in [0.15, 0.2) is 64.5 Å². The lowest BCUT2D eigenvalue weighted by Crippen LogP contribution is -2.35. The number of thiophene rings is 1. The highest BCUT2D eigenvalue weighted by Crippen LogP contribution is 2.36. The minimum atomic E-state index is 0.0721. The number of hydrogen-bond acceptors (Lipinski definition) is 6. The second-order valence-corrected chi connectivity index (χ2v) is 10.5. The molecule has 1 amide bonds. The summed E-state index contributed by atoms with van der Waals surface area (Å²) >= 11 is 9.68. The van der Waals surface area contributed by atoms with E-state index in [0.29, 0.717) is 23.9 Å². The molecule has 0 saturated heterocycles. The quantitative estimate of drug-likeness (QED) is 0.347. The lowest BCUT2D eigenvalue weighted by molar-refractivity contribution is -0.116. The molecule has 4 heterocycles. The van der Waals surface area contributed by atoms with E-state index in [2.05, 4.69) is 22.0 Å². The number of hydrogen-bond donors (Lipinski definition) is 0. The van der Waals surface area contributed by atoms with Gasteiger partial charge in [0, 0.05) is 21.0 Å². The standard InChI is InChI=1S/C26H18ClN5OS2/c1-16-29-30-23-14-28-25(18-8-2-3-9-20(18)27)19-13-17(35-26(19)32(16)23)7-6-12-31-21-10-4-5-11-22(21)34-15-24(31)33/h2-5,8-11,13H,12,14-15H2,1H3. The highest BCUT2D eigenvalue weighted by atomic mass is 35.5. The summed E-state index contributed by atoms with van der Waals surface area (Å²) in [7, 11) is 0. The Morgan fingerprint density at radius 2 is 1.91 bits per heavy atom. The van der Waals surface area contributed by atoms with E-state index in [-0.39, 0.29) is 5.91 Å². The van der Waals surface area contributed by atoms with Gasteiger partial charge in [0.2, 0.25) is 5.91 Å². The van der Waals surface area contributed by atoms with Gasteiger partial charge in [-0.2, -0.15) is 0 Å². The summed E-state index contributed by atoms with van der Waals surface area (Å²) in [5.41, 5.74) is 3.56. The fourth-order valence-corrected chi connectivity index (χ4v) is 6.47. The Hall–Kier alpha value is -3.38. The van der Waals surface area contributed by atoms with Gasteiger partial charge in [0.25, 0.3) is 0 Å². The molecule has 0 aliphatic carbocycles. The van der Waals surface area contributed by atoms with Crippen LogP contribution in [0.25, 0.3) is 5.00 Å². The van der Waals surface area contributed by atoms with Crippen molar-refractivity contribution in [1.82, 2.24) is 14.8 Å². The van der Waals surface area contributed by atoms with Crippen molar-refractivity contribution in [2.45, 2.75) is 18.4 Å². The molecule has 0 N–H and O–H groups in total. The van der Waals surface area contributed by atoms with Crippen LogP contribution in [0.2, 0.25) is 5.02 Å². The van der Waals surface area contributed by atoms with Crippen molar-refractivity contribution in [3.8, 4) is 16.8 Å². The second kappa shape index (κ2) is 9.00. The zero-order chi connectivity index (χ0) is 23.9. The van der Waals surface area contributed by atoms with Crippen molar-refractivity contribution >= 4 is 52.0 Å². The van der Waals surface area contributed by atoms with Gasteiger partial charge in [-0.1, -0.05) is 53.8 Å². The Bertz CT molecular complexity index is 1580. The Labute approximate surface area is 215 Å². The van der Waals surface area contributed by atoms with Crippen LogP contribution in [0.1, 0.15) is 27.7 Å². The maximum absolute atomic E-state index is 12.6. The molecule has 9 heteroatoms. The number of nitrogens with zero attached hydrogens (tertiary/aromatic N) is 5. The van der Waals surface area contributed by atoms with E-state index in [1.54, 1.807) is 28.0 Å². The summed E-state index contributed by atoms with van der Waals surface area (Å²) in [5.74, 6) is 8.57. The monoisotopic (exact) mass is 515 g/mol. The minimum absolute atomic E-state index is 0.0721. The molecular weight excluding hydrogens is 498 g/mol. The smallest absolute Gasteiger partial charge is 0.238 e. The summed E-state index contributed by atoms with van der Waals surface area (Å²) < 4.78 is 2.04. The number of aliphatic imine (C=N–C) groups is 1. The van der Waals surface area contributed by atoms with Crippen LogP contribution in [0.3, 0.4) is 0 Å². The number of carbonyl (C=O) groups is 1. The Kier molecular flexibility index (Phi) is 5.69. The number of benzene rings is 2. The number of carbonyl (C=O) groups excluding carboxylic acids is 1. The zero-order valence-corrected chi connectivity index (χ0v) is 21.0. The van der Waals surface area contributed by atoms with Crippen LogP contribution in [-0.4, -0.2) is 38.7 Å². The molecule has 4 aromatic rings. The van der Waals surface area contributed by atoms with E-state index >= 15 is 0 Å². The average Bonchev–Trinajstić information content (AvgIpc) is 3.40. The van der Waals surface area contributed by atoms with Gasteiger partial charge < -0.3 is 0 Å². The summed E-state index contributed by atoms with van der Waals surface area (Å²) in [4.78, 5) is 21.2. The first-order chi connectivity index (χ1) is 17.1. The van der Waals surface area contributed by atoms with E-state index < -0.39 is 0 Å². The fraction of sp³-hybridized carbons (Fsp3) is 0.154. The van der Waals surface area contributed by atoms with E-state index in [1.165, 1.54) is 0 Å². The van der Waals surface area contributed by atoms with Crippen molar-refractivity contribution in [3.63, 3.8) is 0 Å². The Morgan fingerprint density at radius 1 is 1.09 bits per heavy atom. The van der Waals surface area contributed by atoms with Gasteiger partial charge in [-0.15, -0.1) is 33.3 Å². The molecule has 172 valence electrons. The number of amides is 1. The maximum Gasteiger partial charge on any atom is 0.238 e. The van der Waals surface area contributed by atoms with Crippen LogP contribution in [0.5, 0.6) is 0 Å². The molecule has 0 radical (unpaired) electrons. The first kappa shape index (κ1) is 22.1. The fourth-order valence-electron chi connectivity index (χ4n) is 4.20. The molecule has 2 aromatic heterocycles. The summed E-state index contributed by atoms with van der Waals surface area (Å²) in [5, 5.41) is 10.2. The number of thioether (sulfide) groups is 1. The third-order valence-corrected chi connectivity index (χ3v) is 8.24. The molecule has 2 aromatic carbocycles. The van der Waals surface area contributed by atoms with Crippen molar-refractivity contribution in [2.24, 2.45) is 4.99 Å². The predicted molar refractivity (Wildman–Crippen MR) is 141 cm³/mol. The number of rotatable bonds is 2. The lowest BCUT2D eigenvalue weighted by atomic mass is 10.0. The molecule has 6 rings (SSSR count). The predicted octanol–water partition coefficient (Wildman–Crippen LogP) is 5.13. The van der Waals surface area contributed by atoms with Gasteiger partial charge in [0.05, 0.1) is 28.6 Å². The van der Waals surface area contributed by atoms with Crippen LogP contribution >= 0.6 is 34.7 Å². The SMILES string of the molecule is Cc1nnc2n1-c1sc(C#CCN3C(=O)CSc4ccccc43)cc1C(c1ccccc1Cl)=NC2. The number of fused-ring (bicyclic) bond motifs is 4. The molecule has 35 heavy (non-hydrogen) atoms. The number of aromatic nitrogens is 3. The van der Waals surface area contributed by atoms with Crippen LogP contribution in [-0.2, 0) is 11.3 Å². The number of halogens is 1. The van der Waals surface area contributed by atoms with Crippen molar-refractivity contribution in [3.05, 3.63) is 87.3 Å². The molecule has 0 bridgehead atoms. The minimum Gasteiger partial charge on any atom is -0.299 e. The van der Waals surface area contributed by atoms with Crippen LogP contribution in [0.4, 0.5) is 5.69 Å². The summed E-state index contributed by atoms with van der Waals surface area (Å²) in [6.07, 6.45) is 0. The largest absolute Gasteiger partial charge is 0.299 e. The number of para-hydroxylation sites is 1. The average molecular weight is 516 g/mol. The van der Waals surface area contributed by atoms with Gasteiger partial charge in [0.1, 0.15) is 17.4 Å². The second-order valence-electron chi connectivity index (χ2n) is 8.01. The highest BCUT2D eigenvalue weighted by molar-refractivity contribution is 8.00. The van der Waals surface area contributed by atoms with Gasteiger partial charge >= 0.3 is 0 Å². The van der Waals surface area contributed by atoms with Gasteiger partial charge in [-0.3, -0.25) is 19.3 Å². The molecule has 0 spiro atoms. The molecule has 0 fully saturated rings. The van der Waals surface area contributed by atoms with Gasteiger partial charge in [-0.05, 0) is 31.2 Å². The molecule has 2 aliphatic rings. The number of anilines is 1. The van der Waals surface area contributed by atoms with Gasteiger partial charge in [0.15, 0.2) is 5.82 Å². The molecule has 0 unspecified atom stereocenters. The highest BCUT2D eigenvalue weighted by Gasteiger charge is 2.26. The molecule has 0 atom stereocenters. The summed E-state index contributed by atoms with van der Waals surface area (Å²) in [6, 6.07) is 17.7. The Balaban J connectivity index is 1.39. The molecule has 0 saturated carbocycles. The third-order valence-electron chi connectivity index (χ3n) is 5.83. The van der Waals surface area contributed by atoms with Gasteiger partial charge in [-0.25, -0.2) is 0 Å². The summed E-state index contributed by atoms with van der Waals surface area (Å²) in [6.45, 7) is 2.68. The lowest BCUT2D eigenvalue weighted by Gasteiger charge is -2.27. The van der Waals surface area contributed by atoms with E-state index in [4.69, 9.17) is 16.6 Å². The van der Waals surface area contributed by atoms with Crippen LogP contribution in [0, 0.1) is 18.8 Å². The molecule has 2 aliphatic heterocycles. The van der Waals surface area contributed by atoms with Crippen molar-refractivity contribution in [2.75, 3.05) is 17.2 Å². The van der Waals surface area contributed by atoms with Crippen molar-refractivity contribution in [1.29, 1.82) is 0 Å². The Morgan fingerprint density at radius 3 is 2.80 bits per heavy atom. The van der Waals surface area contributed by atoms with E-state index in [0.717, 1.165) is 48.9 Å². The van der Waals surface area contributed by atoms with E-state index in [1.807, 2.05) is 66.1 Å². The maximum atomic E-state index is 12.6. The van der Waals surface area contributed by atoms with E-state index in [9.17, 15) is 4.79 Å². The first-order valence-corrected chi connectivity index (χ1v) is 13.1. The topological polar surface area (TPSA) is 63.4 Å². The number of aryl methyl sites for hydroxylation is 1. The normalized spacial score (nSPS) is 14.3. The zero-order valence-electron chi connectivity index (χ0n) is 18.7. The first-order valence-electron chi connectivity index (χ1n) is 11.0. The van der Waals surface area contributed by atoms with Crippen molar-refractivity contribution < 1.29 is 4.79 Å². The van der Waals surface area contributed by atoms with Crippen LogP contribution < -0.4 is 4.90 Å². The third kappa shape index (κ3) is 3.96. The molecule has 6 nitrogen and oxygen atoms in total.